The van der Waals surface area contributed by atoms with E-state index in [1.807, 2.05) is 6.92 Å². The molecule has 0 spiro atoms. The highest BCUT2D eigenvalue weighted by Crippen LogP contribution is 1.78. The molecule has 3 N–H and O–H groups in total. The SMILES string of the molecule is CCNC(=O)C(N)COC. The van der Waals surface area contributed by atoms with Crippen LogP contribution in [-0.4, -0.2) is 32.2 Å². The molecule has 0 aromatic carbocycles. The molecule has 0 rings (SSSR count). The molecule has 0 aliphatic carbocycles. The number of methoxy groups -OCH3 is 1. The number of nitrogens with two attached hydrogens (primary N) is 1. The number of amides is 1. The van der Waals surface area contributed by atoms with E-state index in [0.717, 1.165) is 0 Å². The van der Waals surface area contributed by atoms with Gasteiger partial charge in [0.1, 0.15) is 6.04 Å². The number of carbonyl (C=O) groups is 1. The van der Waals surface area contributed by atoms with Crippen LogP contribution < -0.4 is 11.1 Å². The molecule has 0 aromatic heterocycles. The van der Waals surface area contributed by atoms with E-state index in [1.54, 1.807) is 0 Å². The van der Waals surface area contributed by atoms with E-state index in [9.17, 15) is 4.79 Å². The van der Waals surface area contributed by atoms with Gasteiger partial charge in [-0.15, -0.1) is 0 Å². The minimum Gasteiger partial charge on any atom is -0.383 e. The molecule has 0 heterocycles. The summed E-state index contributed by atoms with van der Waals surface area (Å²) in [4.78, 5) is 10.8. The first kappa shape index (κ1) is 9.39. The van der Waals surface area contributed by atoms with Gasteiger partial charge in [0, 0.05) is 13.7 Å². The van der Waals surface area contributed by atoms with Gasteiger partial charge in [0.2, 0.25) is 5.91 Å². The number of ether oxygens (including phenoxy) is 1. The number of rotatable bonds is 4. The lowest BCUT2D eigenvalue weighted by molar-refractivity contribution is -0.123. The third kappa shape index (κ3) is 3.42. The molecule has 4 heteroatoms. The Kier molecular flexibility index (Phi) is 4.88. The normalized spacial score (nSPS) is 12.7. The lowest BCUT2D eigenvalue weighted by atomic mass is 10.3. The fourth-order valence-corrected chi connectivity index (χ4v) is 0.561. The van der Waals surface area contributed by atoms with Gasteiger partial charge in [-0.05, 0) is 6.92 Å². The van der Waals surface area contributed by atoms with E-state index in [0.29, 0.717) is 6.54 Å². The maximum atomic E-state index is 10.8. The highest BCUT2D eigenvalue weighted by Gasteiger charge is 2.10. The van der Waals surface area contributed by atoms with E-state index in [-0.39, 0.29) is 12.5 Å². The lowest BCUT2D eigenvalue weighted by Crippen LogP contribution is -2.43. The smallest absolute Gasteiger partial charge is 0.239 e. The summed E-state index contributed by atoms with van der Waals surface area (Å²) in [6.45, 7) is 2.72. The molecule has 0 saturated heterocycles. The van der Waals surface area contributed by atoms with Gasteiger partial charge in [-0.1, -0.05) is 0 Å². The minimum absolute atomic E-state index is 0.163. The third-order valence-electron chi connectivity index (χ3n) is 1.03. The lowest BCUT2D eigenvalue weighted by Gasteiger charge is -2.08. The molecule has 0 radical (unpaired) electrons. The Morgan fingerprint density at radius 2 is 2.40 bits per heavy atom. The van der Waals surface area contributed by atoms with Gasteiger partial charge in [0.15, 0.2) is 0 Å². The summed E-state index contributed by atoms with van der Waals surface area (Å²) in [7, 11) is 1.51. The molecule has 60 valence electrons. The Hall–Kier alpha value is -0.610. The summed E-state index contributed by atoms with van der Waals surface area (Å²) < 4.78 is 4.69. The van der Waals surface area contributed by atoms with Crippen LogP contribution in [0.4, 0.5) is 0 Å². The Morgan fingerprint density at radius 1 is 1.80 bits per heavy atom. The largest absolute Gasteiger partial charge is 0.383 e. The van der Waals surface area contributed by atoms with Crippen LogP contribution in [0.2, 0.25) is 0 Å². The average Bonchev–Trinajstić information content (AvgIpc) is 1.89. The second-order valence-corrected chi connectivity index (χ2v) is 1.96. The maximum absolute atomic E-state index is 10.8. The summed E-state index contributed by atoms with van der Waals surface area (Å²) >= 11 is 0. The molecule has 0 aliphatic heterocycles. The molecular weight excluding hydrogens is 132 g/mol. The molecule has 10 heavy (non-hydrogen) atoms. The molecular formula is C6H14N2O2. The number of hydrogen-bond acceptors (Lipinski definition) is 3. The predicted molar refractivity (Wildman–Crippen MR) is 38.5 cm³/mol. The predicted octanol–water partition coefficient (Wildman–Crippen LogP) is -0.904. The van der Waals surface area contributed by atoms with Crippen LogP contribution in [0.1, 0.15) is 6.92 Å². The molecule has 0 bridgehead atoms. The second kappa shape index (κ2) is 5.20. The van der Waals surface area contributed by atoms with Gasteiger partial charge in [0.25, 0.3) is 0 Å². The minimum atomic E-state index is -0.537. The first-order chi connectivity index (χ1) is 4.72. The van der Waals surface area contributed by atoms with Crippen LogP contribution in [0.5, 0.6) is 0 Å². The van der Waals surface area contributed by atoms with Crippen LogP contribution in [-0.2, 0) is 9.53 Å². The molecule has 0 fully saturated rings. The summed E-state index contributed by atoms with van der Waals surface area (Å²) in [6.07, 6.45) is 0. The van der Waals surface area contributed by atoms with Gasteiger partial charge in [-0.25, -0.2) is 0 Å². The van der Waals surface area contributed by atoms with E-state index in [4.69, 9.17) is 5.73 Å². The zero-order valence-corrected chi connectivity index (χ0v) is 6.39. The maximum Gasteiger partial charge on any atom is 0.239 e. The fraction of sp³-hybridized carbons (Fsp3) is 0.833. The van der Waals surface area contributed by atoms with Gasteiger partial charge in [-0.2, -0.15) is 0 Å². The zero-order chi connectivity index (χ0) is 7.98. The molecule has 1 atom stereocenters. The Labute approximate surface area is 60.7 Å². The zero-order valence-electron chi connectivity index (χ0n) is 6.39. The summed E-state index contributed by atoms with van der Waals surface area (Å²) in [5.41, 5.74) is 5.38. The molecule has 0 aromatic rings. The number of likely N-dealkylation sites (N-methyl/N-ethyl adjacent to an activating group) is 1. The monoisotopic (exact) mass is 146 g/mol. The van der Waals surface area contributed by atoms with Gasteiger partial charge in [-0.3, -0.25) is 4.79 Å². The van der Waals surface area contributed by atoms with Crippen molar-refractivity contribution in [1.29, 1.82) is 0 Å². The van der Waals surface area contributed by atoms with Gasteiger partial charge >= 0.3 is 0 Å². The van der Waals surface area contributed by atoms with Crippen molar-refractivity contribution in [1.82, 2.24) is 5.32 Å². The van der Waals surface area contributed by atoms with Crippen molar-refractivity contribution in [2.45, 2.75) is 13.0 Å². The summed E-state index contributed by atoms with van der Waals surface area (Å²) in [6, 6.07) is -0.537. The van der Waals surface area contributed by atoms with Crippen molar-refractivity contribution < 1.29 is 9.53 Å². The molecule has 1 amide bonds. The Balaban J connectivity index is 3.49. The van der Waals surface area contributed by atoms with Crippen LogP contribution in [0, 0.1) is 0 Å². The summed E-state index contributed by atoms with van der Waals surface area (Å²) in [5, 5.41) is 2.59. The van der Waals surface area contributed by atoms with Crippen molar-refractivity contribution in [3.63, 3.8) is 0 Å². The first-order valence-corrected chi connectivity index (χ1v) is 3.24. The van der Waals surface area contributed by atoms with Crippen LogP contribution in [0.25, 0.3) is 0 Å². The Morgan fingerprint density at radius 3 is 2.80 bits per heavy atom. The van der Waals surface area contributed by atoms with Crippen LogP contribution >= 0.6 is 0 Å². The molecule has 4 nitrogen and oxygen atoms in total. The fourth-order valence-electron chi connectivity index (χ4n) is 0.561. The molecule has 0 aliphatic rings. The highest BCUT2D eigenvalue weighted by molar-refractivity contribution is 5.81. The third-order valence-corrected chi connectivity index (χ3v) is 1.03. The molecule has 1 unspecified atom stereocenters. The van der Waals surface area contributed by atoms with Crippen LogP contribution in [0.15, 0.2) is 0 Å². The number of carbonyl (C=O) groups excluding carboxylic acids is 1. The first-order valence-electron chi connectivity index (χ1n) is 3.24. The van der Waals surface area contributed by atoms with Crippen molar-refractivity contribution in [3.05, 3.63) is 0 Å². The van der Waals surface area contributed by atoms with Crippen molar-refractivity contribution >= 4 is 5.91 Å². The van der Waals surface area contributed by atoms with Gasteiger partial charge in [0.05, 0.1) is 6.61 Å². The summed E-state index contributed by atoms with van der Waals surface area (Å²) in [5.74, 6) is -0.163. The van der Waals surface area contributed by atoms with E-state index < -0.39 is 6.04 Å². The van der Waals surface area contributed by atoms with Crippen molar-refractivity contribution in [3.8, 4) is 0 Å². The quantitative estimate of drug-likeness (QED) is 0.540. The topological polar surface area (TPSA) is 64.4 Å². The van der Waals surface area contributed by atoms with Crippen molar-refractivity contribution in [2.24, 2.45) is 5.73 Å². The number of hydrogen-bond donors (Lipinski definition) is 2. The standard InChI is InChI=1S/C6H14N2O2/c1-3-8-6(9)5(7)4-10-2/h5H,3-4,7H2,1-2H3,(H,8,9). The average molecular weight is 146 g/mol. The van der Waals surface area contributed by atoms with Gasteiger partial charge < -0.3 is 15.8 Å². The second-order valence-electron chi connectivity index (χ2n) is 1.96. The number of nitrogens with one attached hydrogen (secondary N) is 1. The Bertz CT molecular complexity index is 106. The van der Waals surface area contributed by atoms with E-state index in [1.165, 1.54) is 7.11 Å². The van der Waals surface area contributed by atoms with Crippen molar-refractivity contribution in [2.75, 3.05) is 20.3 Å². The van der Waals surface area contributed by atoms with E-state index in [2.05, 4.69) is 10.1 Å². The highest BCUT2D eigenvalue weighted by atomic mass is 16.5. The van der Waals surface area contributed by atoms with Crippen LogP contribution in [0.3, 0.4) is 0 Å². The molecule has 0 saturated carbocycles. The van der Waals surface area contributed by atoms with E-state index >= 15 is 0 Å².